The van der Waals surface area contributed by atoms with Crippen LogP contribution in [-0.2, 0) is 0 Å². The van der Waals surface area contributed by atoms with Gasteiger partial charge in [0, 0.05) is 18.8 Å². The van der Waals surface area contributed by atoms with E-state index >= 15 is 0 Å². The third-order valence-electron chi connectivity index (χ3n) is 1.70. The highest BCUT2D eigenvalue weighted by molar-refractivity contribution is 5.50. The normalized spacial score (nSPS) is 8.38. The molecule has 1 aromatic rings. The van der Waals surface area contributed by atoms with Crippen LogP contribution in [0.3, 0.4) is 0 Å². The van der Waals surface area contributed by atoms with Crippen molar-refractivity contribution in [1.82, 2.24) is 0 Å². The van der Waals surface area contributed by atoms with Crippen molar-refractivity contribution in [3.8, 4) is 5.75 Å². The largest absolute Gasteiger partial charge is 0.496 e. The molecule has 2 nitrogen and oxygen atoms in total. The number of rotatable bonds is 2. The van der Waals surface area contributed by atoms with Gasteiger partial charge in [0.15, 0.2) is 0 Å². The van der Waals surface area contributed by atoms with Crippen molar-refractivity contribution in [1.29, 1.82) is 0 Å². The molecule has 74 valence electrons. The van der Waals surface area contributed by atoms with Crippen molar-refractivity contribution in [2.75, 3.05) is 19.5 Å². The van der Waals surface area contributed by atoms with Crippen LogP contribution < -0.4 is 10.1 Å². The lowest BCUT2D eigenvalue weighted by atomic mass is 10.2. The first-order valence-corrected chi connectivity index (χ1v) is 4.60. The molecule has 0 atom stereocenters. The number of hydrogen-bond donors (Lipinski definition) is 1. The van der Waals surface area contributed by atoms with E-state index in [9.17, 15) is 0 Å². The van der Waals surface area contributed by atoms with E-state index in [1.165, 1.54) is 0 Å². The van der Waals surface area contributed by atoms with Gasteiger partial charge < -0.3 is 10.1 Å². The molecule has 0 radical (unpaired) electrons. The predicted molar refractivity (Wildman–Crippen MR) is 58.6 cm³/mol. The zero-order valence-electron chi connectivity index (χ0n) is 9.14. The fraction of sp³-hybridized carbons (Fsp3) is 0.455. The highest BCUT2D eigenvalue weighted by Gasteiger charge is 1.97. The third kappa shape index (κ3) is 3.36. The summed E-state index contributed by atoms with van der Waals surface area (Å²) in [5.74, 6) is 0.928. The number of ether oxygens (including phenoxy) is 1. The van der Waals surface area contributed by atoms with Crippen LogP contribution in [0, 0.1) is 6.92 Å². The fourth-order valence-corrected chi connectivity index (χ4v) is 0.976. The van der Waals surface area contributed by atoms with Crippen LogP contribution in [-0.4, -0.2) is 14.2 Å². The van der Waals surface area contributed by atoms with Gasteiger partial charge in [-0.15, -0.1) is 0 Å². The first-order chi connectivity index (χ1) is 6.27. The minimum Gasteiger partial charge on any atom is -0.496 e. The van der Waals surface area contributed by atoms with E-state index in [0.717, 1.165) is 17.0 Å². The highest BCUT2D eigenvalue weighted by atomic mass is 16.5. The Hall–Kier alpha value is -1.18. The predicted octanol–water partition coefficient (Wildman–Crippen LogP) is 3.07. The SMILES string of the molecule is CC.CNc1ccc(C)c(OC)c1. The summed E-state index contributed by atoms with van der Waals surface area (Å²) in [5, 5.41) is 3.05. The van der Waals surface area contributed by atoms with Gasteiger partial charge in [-0.2, -0.15) is 0 Å². The third-order valence-corrected chi connectivity index (χ3v) is 1.70. The lowest BCUT2D eigenvalue weighted by molar-refractivity contribution is 0.412. The molecule has 1 aromatic carbocycles. The van der Waals surface area contributed by atoms with Crippen molar-refractivity contribution in [3.05, 3.63) is 23.8 Å². The lowest BCUT2D eigenvalue weighted by Gasteiger charge is -2.06. The lowest BCUT2D eigenvalue weighted by Crippen LogP contribution is -1.91. The summed E-state index contributed by atoms with van der Waals surface area (Å²) in [6.07, 6.45) is 0. The smallest absolute Gasteiger partial charge is 0.123 e. The molecule has 0 aliphatic carbocycles. The molecular weight excluding hydrogens is 162 g/mol. The van der Waals surface area contributed by atoms with Gasteiger partial charge in [-0.3, -0.25) is 0 Å². The molecule has 1 rings (SSSR count). The maximum Gasteiger partial charge on any atom is 0.123 e. The van der Waals surface area contributed by atoms with Gasteiger partial charge in [0.05, 0.1) is 7.11 Å². The van der Waals surface area contributed by atoms with Crippen LogP contribution in [0.5, 0.6) is 5.75 Å². The molecule has 0 saturated heterocycles. The van der Waals surface area contributed by atoms with E-state index in [0.29, 0.717) is 0 Å². The van der Waals surface area contributed by atoms with Gasteiger partial charge in [-0.05, 0) is 18.6 Å². The minimum atomic E-state index is 0.928. The quantitative estimate of drug-likeness (QED) is 0.757. The van der Waals surface area contributed by atoms with Crippen molar-refractivity contribution >= 4 is 5.69 Å². The topological polar surface area (TPSA) is 21.3 Å². The number of anilines is 1. The Labute approximate surface area is 80.9 Å². The molecule has 0 unspecified atom stereocenters. The highest BCUT2D eigenvalue weighted by Crippen LogP contribution is 2.21. The van der Waals surface area contributed by atoms with Gasteiger partial charge in [0.25, 0.3) is 0 Å². The number of aryl methyl sites for hydroxylation is 1. The van der Waals surface area contributed by atoms with Gasteiger partial charge in [-0.1, -0.05) is 19.9 Å². The Morgan fingerprint density at radius 2 is 1.85 bits per heavy atom. The molecule has 13 heavy (non-hydrogen) atoms. The minimum absolute atomic E-state index is 0.928. The van der Waals surface area contributed by atoms with Crippen LogP contribution in [0.1, 0.15) is 19.4 Å². The summed E-state index contributed by atoms with van der Waals surface area (Å²) in [7, 11) is 3.58. The zero-order valence-corrected chi connectivity index (χ0v) is 9.14. The number of methoxy groups -OCH3 is 1. The van der Waals surface area contributed by atoms with E-state index in [1.807, 2.05) is 46.0 Å². The Morgan fingerprint density at radius 3 is 2.31 bits per heavy atom. The van der Waals surface area contributed by atoms with Crippen molar-refractivity contribution < 1.29 is 4.74 Å². The van der Waals surface area contributed by atoms with Gasteiger partial charge in [0.1, 0.15) is 5.75 Å². The first-order valence-electron chi connectivity index (χ1n) is 4.60. The maximum atomic E-state index is 5.15. The van der Waals surface area contributed by atoms with E-state index in [4.69, 9.17) is 4.74 Å². The Morgan fingerprint density at radius 1 is 1.23 bits per heavy atom. The maximum absolute atomic E-state index is 5.15. The van der Waals surface area contributed by atoms with Crippen LogP contribution in [0.25, 0.3) is 0 Å². The van der Waals surface area contributed by atoms with Crippen molar-refractivity contribution in [2.24, 2.45) is 0 Å². The molecule has 0 aromatic heterocycles. The molecule has 0 spiro atoms. The average Bonchev–Trinajstić information content (AvgIpc) is 2.22. The summed E-state index contributed by atoms with van der Waals surface area (Å²) in [5.41, 5.74) is 2.24. The average molecular weight is 181 g/mol. The van der Waals surface area contributed by atoms with Crippen molar-refractivity contribution in [3.63, 3.8) is 0 Å². The van der Waals surface area contributed by atoms with Crippen molar-refractivity contribution in [2.45, 2.75) is 20.8 Å². The second-order valence-electron chi connectivity index (χ2n) is 2.43. The Balaban J connectivity index is 0.000000671. The van der Waals surface area contributed by atoms with E-state index in [-0.39, 0.29) is 0 Å². The molecule has 0 bridgehead atoms. The van der Waals surface area contributed by atoms with E-state index in [2.05, 4.69) is 5.32 Å². The second kappa shape index (κ2) is 6.35. The molecule has 0 fully saturated rings. The fourth-order valence-electron chi connectivity index (χ4n) is 0.976. The monoisotopic (exact) mass is 181 g/mol. The number of hydrogen-bond acceptors (Lipinski definition) is 2. The standard InChI is InChI=1S/C9H13NO.C2H6/c1-7-4-5-8(10-2)6-9(7)11-3;1-2/h4-6,10H,1-3H3;1-2H3. The van der Waals surface area contributed by atoms with Crippen LogP contribution in [0.4, 0.5) is 5.69 Å². The zero-order chi connectivity index (χ0) is 10.3. The Kier molecular flexibility index (Phi) is 5.77. The molecule has 1 N–H and O–H groups in total. The number of benzene rings is 1. The summed E-state index contributed by atoms with van der Waals surface area (Å²) in [6, 6.07) is 6.04. The summed E-state index contributed by atoms with van der Waals surface area (Å²) >= 11 is 0. The van der Waals surface area contributed by atoms with E-state index in [1.54, 1.807) is 7.11 Å². The van der Waals surface area contributed by atoms with Gasteiger partial charge in [0.2, 0.25) is 0 Å². The Bertz CT molecular complexity index is 246. The molecule has 0 amide bonds. The summed E-state index contributed by atoms with van der Waals surface area (Å²) in [4.78, 5) is 0. The molecule has 2 heteroatoms. The molecule has 0 aliphatic heterocycles. The summed E-state index contributed by atoms with van der Waals surface area (Å²) < 4.78 is 5.15. The van der Waals surface area contributed by atoms with Gasteiger partial charge in [-0.25, -0.2) is 0 Å². The van der Waals surface area contributed by atoms with Crippen LogP contribution >= 0.6 is 0 Å². The van der Waals surface area contributed by atoms with Crippen LogP contribution in [0.2, 0.25) is 0 Å². The molecule has 0 heterocycles. The molecular formula is C11H19NO. The first kappa shape index (κ1) is 11.8. The summed E-state index contributed by atoms with van der Waals surface area (Å²) in [6.45, 7) is 6.03. The molecule has 0 saturated carbocycles. The van der Waals surface area contributed by atoms with Gasteiger partial charge >= 0.3 is 0 Å². The van der Waals surface area contributed by atoms with E-state index < -0.39 is 0 Å². The number of nitrogens with one attached hydrogen (secondary N) is 1. The van der Waals surface area contributed by atoms with Crippen LogP contribution in [0.15, 0.2) is 18.2 Å². The second-order valence-corrected chi connectivity index (χ2v) is 2.43. The molecule has 0 aliphatic rings.